The molecule has 0 aromatic carbocycles. The van der Waals surface area contributed by atoms with Gasteiger partial charge in [-0.05, 0) is 15.9 Å². The molecule has 3 heteroatoms. The number of rotatable bonds is 0. The maximum atomic E-state index is 3.34. The minimum Gasteiger partial charge on any atom is -0.163 e. The molecule has 0 aliphatic heterocycles. The number of aryl methyl sites for hydroxylation is 2. The van der Waals surface area contributed by atoms with Gasteiger partial charge in [0.15, 0.2) is 7.05 Å². The zero-order chi connectivity index (χ0) is 6.15. The van der Waals surface area contributed by atoms with E-state index in [1.807, 2.05) is 35.9 Å². The molecule has 0 unspecified atom stereocenters. The molecular formula is C5H8BrN2+. The molecule has 1 heterocycles. The van der Waals surface area contributed by atoms with E-state index in [-0.39, 0.29) is 0 Å². The largest absolute Gasteiger partial charge is 0.209 e. The Morgan fingerprint density at radius 2 is 2.38 bits per heavy atom. The van der Waals surface area contributed by atoms with Crippen LogP contribution in [0.5, 0.6) is 0 Å². The highest BCUT2D eigenvalue weighted by atomic mass is 79.9. The molecule has 1 aromatic heterocycles. The second kappa shape index (κ2) is 1.90. The first kappa shape index (κ1) is 5.82. The van der Waals surface area contributed by atoms with Crippen molar-refractivity contribution in [1.82, 2.24) is 4.68 Å². The molecule has 0 aliphatic carbocycles. The first-order valence-corrected chi connectivity index (χ1v) is 3.17. The first-order valence-electron chi connectivity index (χ1n) is 2.38. The van der Waals surface area contributed by atoms with Gasteiger partial charge in [-0.1, -0.05) is 0 Å². The highest BCUT2D eigenvalue weighted by molar-refractivity contribution is 9.10. The molecule has 0 atom stereocenters. The van der Waals surface area contributed by atoms with Gasteiger partial charge in [-0.2, -0.15) is 4.68 Å². The number of hydrogen-bond donors (Lipinski definition) is 0. The van der Waals surface area contributed by atoms with E-state index in [4.69, 9.17) is 0 Å². The van der Waals surface area contributed by atoms with Gasteiger partial charge < -0.3 is 0 Å². The lowest BCUT2D eigenvalue weighted by molar-refractivity contribution is -0.751. The van der Waals surface area contributed by atoms with Crippen LogP contribution in [-0.2, 0) is 14.1 Å². The molecule has 0 radical (unpaired) electrons. The standard InChI is InChI=1S/C5H8BrN2/c1-7-3-5(6)4-8(7)2/h3-4H,1-2H3/q+1. The summed E-state index contributed by atoms with van der Waals surface area (Å²) >= 11 is 3.34. The maximum Gasteiger partial charge on any atom is 0.209 e. The van der Waals surface area contributed by atoms with Gasteiger partial charge in [0.05, 0.1) is 13.2 Å². The summed E-state index contributed by atoms with van der Waals surface area (Å²) in [6, 6.07) is 0. The van der Waals surface area contributed by atoms with Crippen molar-refractivity contribution in [3.05, 3.63) is 16.9 Å². The van der Waals surface area contributed by atoms with Crippen molar-refractivity contribution in [2.75, 3.05) is 0 Å². The van der Waals surface area contributed by atoms with Gasteiger partial charge in [-0.15, -0.1) is 4.68 Å². The van der Waals surface area contributed by atoms with Crippen molar-refractivity contribution >= 4 is 15.9 Å². The molecule has 0 bridgehead atoms. The van der Waals surface area contributed by atoms with Crippen LogP contribution in [0.4, 0.5) is 0 Å². The summed E-state index contributed by atoms with van der Waals surface area (Å²) in [5.74, 6) is 0. The summed E-state index contributed by atoms with van der Waals surface area (Å²) < 4.78 is 5.09. The number of hydrogen-bond acceptors (Lipinski definition) is 0. The minimum atomic E-state index is 1.11. The van der Waals surface area contributed by atoms with Gasteiger partial charge >= 0.3 is 0 Å². The van der Waals surface area contributed by atoms with E-state index in [0.717, 1.165) is 4.47 Å². The van der Waals surface area contributed by atoms with E-state index in [1.165, 1.54) is 0 Å². The average molecular weight is 176 g/mol. The minimum absolute atomic E-state index is 1.11. The van der Waals surface area contributed by atoms with Crippen LogP contribution >= 0.6 is 15.9 Å². The third kappa shape index (κ3) is 0.916. The van der Waals surface area contributed by atoms with E-state index in [1.54, 1.807) is 0 Å². The SMILES string of the molecule is Cn1cc(Br)c[n+]1C. The molecule has 1 aromatic rings. The smallest absolute Gasteiger partial charge is 0.163 e. The molecule has 0 saturated carbocycles. The van der Waals surface area contributed by atoms with E-state index in [9.17, 15) is 0 Å². The molecule has 2 nitrogen and oxygen atoms in total. The highest BCUT2D eigenvalue weighted by Crippen LogP contribution is 2.02. The fraction of sp³-hybridized carbons (Fsp3) is 0.400. The van der Waals surface area contributed by atoms with Crippen molar-refractivity contribution in [2.45, 2.75) is 0 Å². The molecular weight excluding hydrogens is 168 g/mol. The molecule has 0 saturated heterocycles. The molecule has 0 aliphatic rings. The first-order chi connectivity index (χ1) is 3.70. The predicted molar refractivity (Wildman–Crippen MR) is 34.3 cm³/mol. The Morgan fingerprint density at radius 1 is 1.75 bits per heavy atom. The zero-order valence-corrected chi connectivity index (χ0v) is 6.51. The van der Waals surface area contributed by atoms with Gasteiger partial charge in [0.1, 0.15) is 4.47 Å². The van der Waals surface area contributed by atoms with Crippen LogP contribution in [0, 0.1) is 0 Å². The van der Waals surface area contributed by atoms with E-state index in [0.29, 0.717) is 0 Å². The Morgan fingerprint density at radius 3 is 2.50 bits per heavy atom. The topological polar surface area (TPSA) is 8.81 Å². The Bertz CT molecular complexity index is 173. The molecule has 8 heavy (non-hydrogen) atoms. The fourth-order valence-electron chi connectivity index (χ4n) is 0.572. The summed E-state index contributed by atoms with van der Waals surface area (Å²) in [5, 5.41) is 0. The second-order valence-electron chi connectivity index (χ2n) is 1.79. The van der Waals surface area contributed by atoms with Crippen LogP contribution < -0.4 is 4.68 Å². The van der Waals surface area contributed by atoms with Gasteiger partial charge in [-0.25, -0.2) is 0 Å². The lowest BCUT2D eigenvalue weighted by atomic mass is 10.7. The summed E-state index contributed by atoms with van der Waals surface area (Å²) in [7, 11) is 3.98. The van der Waals surface area contributed by atoms with Crippen LogP contribution in [0.3, 0.4) is 0 Å². The number of nitrogens with zero attached hydrogens (tertiary/aromatic N) is 2. The van der Waals surface area contributed by atoms with Gasteiger partial charge in [0.2, 0.25) is 6.20 Å². The van der Waals surface area contributed by atoms with Crippen LogP contribution in [0.2, 0.25) is 0 Å². The van der Waals surface area contributed by atoms with Crippen molar-refractivity contribution in [3.8, 4) is 0 Å². The van der Waals surface area contributed by atoms with Crippen LogP contribution in [-0.4, -0.2) is 4.68 Å². The summed E-state index contributed by atoms with van der Waals surface area (Å²) in [6.45, 7) is 0. The fourth-order valence-corrected chi connectivity index (χ4v) is 1.17. The van der Waals surface area contributed by atoms with Gasteiger partial charge in [-0.3, -0.25) is 0 Å². The molecule has 0 amide bonds. The van der Waals surface area contributed by atoms with E-state index < -0.39 is 0 Å². The summed E-state index contributed by atoms with van der Waals surface area (Å²) in [4.78, 5) is 0. The monoisotopic (exact) mass is 175 g/mol. The molecule has 0 fully saturated rings. The number of aromatic nitrogens is 2. The maximum absolute atomic E-state index is 3.34. The van der Waals surface area contributed by atoms with Gasteiger partial charge in [0, 0.05) is 0 Å². The quantitative estimate of drug-likeness (QED) is 0.512. The third-order valence-electron chi connectivity index (χ3n) is 1.12. The lowest BCUT2D eigenvalue weighted by Crippen LogP contribution is -2.35. The van der Waals surface area contributed by atoms with Crippen LogP contribution in [0.1, 0.15) is 0 Å². The highest BCUT2D eigenvalue weighted by Gasteiger charge is 1.99. The average Bonchev–Trinajstić information content (AvgIpc) is 1.85. The lowest BCUT2D eigenvalue weighted by Gasteiger charge is -1.82. The van der Waals surface area contributed by atoms with E-state index >= 15 is 0 Å². The molecule has 1 rings (SSSR count). The Balaban J connectivity index is 3.14. The summed E-state index contributed by atoms with van der Waals surface area (Å²) in [6.07, 6.45) is 4.00. The summed E-state index contributed by atoms with van der Waals surface area (Å²) in [5.41, 5.74) is 0. The molecule has 0 spiro atoms. The molecule has 44 valence electrons. The Labute approximate surface area is 56.8 Å². The van der Waals surface area contributed by atoms with Gasteiger partial charge in [0.25, 0.3) is 0 Å². The Kier molecular flexibility index (Phi) is 1.38. The van der Waals surface area contributed by atoms with Crippen molar-refractivity contribution < 1.29 is 4.68 Å². The molecule has 0 N–H and O–H groups in total. The second-order valence-corrected chi connectivity index (χ2v) is 2.71. The van der Waals surface area contributed by atoms with Crippen LogP contribution in [0.25, 0.3) is 0 Å². The normalized spacial score (nSPS) is 9.88. The zero-order valence-electron chi connectivity index (χ0n) is 4.93. The Hall–Kier alpha value is -0.310. The number of halogens is 1. The third-order valence-corrected chi connectivity index (χ3v) is 1.53. The van der Waals surface area contributed by atoms with Crippen molar-refractivity contribution in [3.63, 3.8) is 0 Å². The van der Waals surface area contributed by atoms with Crippen molar-refractivity contribution in [2.24, 2.45) is 14.1 Å². The van der Waals surface area contributed by atoms with Crippen LogP contribution in [0.15, 0.2) is 16.9 Å². The van der Waals surface area contributed by atoms with E-state index in [2.05, 4.69) is 15.9 Å². The predicted octanol–water partition coefficient (Wildman–Crippen LogP) is 0.612. The van der Waals surface area contributed by atoms with Crippen molar-refractivity contribution in [1.29, 1.82) is 0 Å².